The van der Waals surface area contributed by atoms with E-state index in [4.69, 9.17) is 5.73 Å². The number of hydrogen-bond acceptors (Lipinski definition) is 3. The molecule has 5 nitrogen and oxygen atoms in total. The number of carbonyl (C=O) groups excluding carboxylic acids is 2. The van der Waals surface area contributed by atoms with Crippen molar-refractivity contribution in [2.75, 3.05) is 6.54 Å². The van der Waals surface area contributed by atoms with Gasteiger partial charge in [0, 0.05) is 18.5 Å². The third-order valence-corrected chi connectivity index (χ3v) is 6.10. The van der Waals surface area contributed by atoms with Gasteiger partial charge in [0.05, 0.1) is 11.5 Å². The number of likely N-dealkylation sites (tertiary alicyclic amines) is 1. The molecule has 0 spiro atoms. The van der Waals surface area contributed by atoms with E-state index in [0.29, 0.717) is 24.8 Å². The van der Waals surface area contributed by atoms with Gasteiger partial charge in [-0.1, -0.05) is 0 Å². The van der Waals surface area contributed by atoms with E-state index in [0.717, 1.165) is 25.7 Å². The maximum Gasteiger partial charge on any atom is 0.223 e. The molecule has 1 aliphatic heterocycles. The van der Waals surface area contributed by atoms with Crippen molar-refractivity contribution in [1.82, 2.24) is 4.90 Å². The fraction of sp³-hybridized carbons (Fsp3) is 0.867. The molecule has 0 aromatic rings. The van der Waals surface area contributed by atoms with E-state index in [2.05, 4.69) is 0 Å². The Balaban J connectivity index is 1.65. The molecule has 5 aliphatic rings. The first-order valence-electron chi connectivity index (χ1n) is 7.71. The number of amides is 2. The maximum absolute atomic E-state index is 12.3. The minimum atomic E-state index is -0.574. The zero-order chi connectivity index (χ0) is 14.1. The van der Waals surface area contributed by atoms with Crippen molar-refractivity contribution in [3.8, 4) is 0 Å². The van der Waals surface area contributed by atoms with E-state index in [9.17, 15) is 14.7 Å². The summed E-state index contributed by atoms with van der Waals surface area (Å²) in [4.78, 5) is 25.6. The minimum Gasteiger partial charge on any atom is -0.390 e. The van der Waals surface area contributed by atoms with Crippen LogP contribution in [0.4, 0.5) is 0 Å². The molecule has 1 saturated heterocycles. The van der Waals surface area contributed by atoms with Crippen LogP contribution in [0.3, 0.4) is 0 Å². The van der Waals surface area contributed by atoms with E-state index < -0.39 is 5.60 Å². The van der Waals surface area contributed by atoms with Crippen molar-refractivity contribution in [3.05, 3.63) is 0 Å². The van der Waals surface area contributed by atoms with Crippen molar-refractivity contribution in [3.63, 3.8) is 0 Å². The lowest BCUT2D eigenvalue weighted by Crippen LogP contribution is -2.65. The summed E-state index contributed by atoms with van der Waals surface area (Å²) in [5.74, 6) is 0.428. The second kappa shape index (κ2) is 3.75. The first kappa shape index (κ1) is 12.6. The molecular weight excluding hydrogens is 256 g/mol. The lowest BCUT2D eigenvalue weighted by molar-refractivity contribution is -0.179. The van der Waals surface area contributed by atoms with Crippen LogP contribution in [0, 0.1) is 17.8 Å². The van der Waals surface area contributed by atoms with Crippen LogP contribution in [0.5, 0.6) is 0 Å². The fourth-order valence-corrected chi connectivity index (χ4v) is 5.84. The van der Waals surface area contributed by atoms with Gasteiger partial charge in [-0.3, -0.25) is 9.59 Å². The van der Waals surface area contributed by atoms with Crippen LogP contribution in [0.25, 0.3) is 0 Å². The number of carbonyl (C=O) groups is 2. The minimum absolute atomic E-state index is 0.0550. The quantitative estimate of drug-likeness (QED) is 0.767. The summed E-state index contributed by atoms with van der Waals surface area (Å²) in [5.41, 5.74) is 4.60. The maximum atomic E-state index is 12.3. The van der Waals surface area contributed by atoms with Crippen LogP contribution in [0.1, 0.15) is 44.9 Å². The largest absolute Gasteiger partial charge is 0.390 e. The Kier molecular flexibility index (Phi) is 2.37. The van der Waals surface area contributed by atoms with Crippen molar-refractivity contribution < 1.29 is 14.7 Å². The molecule has 4 aliphatic carbocycles. The molecule has 5 rings (SSSR count). The Hall–Kier alpha value is -1.10. The summed E-state index contributed by atoms with van der Waals surface area (Å²) in [7, 11) is 0. The molecule has 0 aromatic heterocycles. The lowest BCUT2D eigenvalue weighted by Gasteiger charge is -2.62. The van der Waals surface area contributed by atoms with Crippen LogP contribution < -0.4 is 5.73 Å². The van der Waals surface area contributed by atoms with Crippen LogP contribution in [-0.4, -0.2) is 39.5 Å². The van der Waals surface area contributed by atoms with Crippen LogP contribution in [0.2, 0.25) is 0 Å². The number of nitrogens with zero attached hydrogens (tertiary/aromatic N) is 1. The Morgan fingerprint density at radius 3 is 2.40 bits per heavy atom. The summed E-state index contributed by atoms with van der Waals surface area (Å²) in [5, 5.41) is 10.8. The number of hydrogen-bond donors (Lipinski definition) is 2. The molecule has 5 heteroatoms. The first-order valence-corrected chi connectivity index (χ1v) is 7.71. The second-order valence-corrected chi connectivity index (χ2v) is 7.72. The van der Waals surface area contributed by atoms with Gasteiger partial charge in [-0.15, -0.1) is 0 Å². The molecule has 4 bridgehead atoms. The van der Waals surface area contributed by atoms with Gasteiger partial charge in [-0.25, -0.2) is 0 Å². The smallest absolute Gasteiger partial charge is 0.223 e. The predicted molar refractivity (Wildman–Crippen MR) is 71.4 cm³/mol. The molecule has 5 fully saturated rings. The molecule has 2 amide bonds. The monoisotopic (exact) mass is 278 g/mol. The molecule has 3 atom stereocenters. The molecule has 1 heterocycles. The number of aliphatic hydroxyl groups is 1. The van der Waals surface area contributed by atoms with Gasteiger partial charge < -0.3 is 15.7 Å². The summed E-state index contributed by atoms with van der Waals surface area (Å²) in [6.45, 7) is 0.462. The highest BCUT2D eigenvalue weighted by Gasteiger charge is 2.61. The van der Waals surface area contributed by atoms with Crippen molar-refractivity contribution in [2.24, 2.45) is 23.5 Å². The third kappa shape index (κ3) is 1.65. The van der Waals surface area contributed by atoms with Gasteiger partial charge >= 0.3 is 0 Å². The van der Waals surface area contributed by atoms with E-state index in [1.54, 1.807) is 0 Å². The van der Waals surface area contributed by atoms with Gasteiger partial charge in [-0.05, 0) is 50.4 Å². The Labute approximate surface area is 118 Å². The number of primary amides is 1. The molecule has 3 N–H and O–H groups in total. The van der Waals surface area contributed by atoms with E-state index in [1.807, 2.05) is 4.90 Å². The average Bonchev–Trinajstić information content (AvgIpc) is 2.68. The van der Waals surface area contributed by atoms with E-state index in [-0.39, 0.29) is 29.7 Å². The Morgan fingerprint density at radius 2 is 1.90 bits per heavy atom. The second-order valence-electron chi connectivity index (χ2n) is 7.72. The highest BCUT2D eigenvalue weighted by Crippen LogP contribution is 2.60. The molecule has 20 heavy (non-hydrogen) atoms. The lowest BCUT2D eigenvalue weighted by atomic mass is 9.50. The van der Waals surface area contributed by atoms with Crippen molar-refractivity contribution >= 4 is 11.8 Å². The van der Waals surface area contributed by atoms with Gasteiger partial charge in [-0.2, -0.15) is 0 Å². The Morgan fingerprint density at radius 1 is 1.25 bits per heavy atom. The Bertz CT molecular complexity index is 476. The SMILES string of the molecule is NC(=O)C1CC(=O)N(C23CC4CC(CC(O)(C4)C2)C3)C1. The summed E-state index contributed by atoms with van der Waals surface area (Å²) >= 11 is 0. The zero-order valence-corrected chi connectivity index (χ0v) is 11.7. The van der Waals surface area contributed by atoms with Crippen molar-refractivity contribution in [1.29, 1.82) is 0 Å². The highest BCUT2D eigenvalue weighted by molar-refractivity contribution is 5.89. The third-order valence-electron chi connectivity index (χ3n) is 6.10. The van der Waals surface area contributed by atoms with Gasteiger partial charge in [0.25, 0.3) is 0 Å². The van der Waals surface area contributed by atoms with E-state index in [1.165, 1.54) is 6.42 Å². The number of rotatable bonds is 2. The van der Waals surface area contributed by atoms with Crippen LogP contribution in [-0.2, 0) is 9.59 Å². The summed E-state index contributed by atoms with van der Waals surface area (Å²) < 4.78 is 0. The molecule has 0 radical (unpaired) electrons. The fourth-order valence-electron chi connectivity index (χ4n) is 5.84. The predicted octanol–water partition coefficient (Wildman–Crippen LogP) is 0.404. The van der Waals surface area contributed by atoms with Crippen LogP contribution in [0.15, 0.2) is 0 Å². The van der Waals surface area contributed by atoms with Gasteiger partial charge in [0.15, 0.2) is 0 Å². The average molecular weight is 278 g/mol. The molecule has 3 unspecified atom stereocenters. The van der Waals surface area contributed by atoms with Gasteiger partial charge in [0.2, 0.25) is 11.8 Å². The summed E-state index contributed by atoms with van der Waals surface area (Å²) in [6.07, 6.45) is 5.95. The van der Waals surface area contributed by atoms with Gasteiger partial charge in [0.1, 0.15) is 0 Å². The number of nitrogens with two attached hydrogens (primary N) is 1. The topological polar surface area (TPSA) is 83.6 Å². The zero-order valence-electron chi connectivity index (χ0n) is 11.7. The molecule has 0 aromatic carbocycles. The normalized spacial score (nSPS) is 50.0. The molecular formula is C15H22N2O3. The molecule has 4 saturated carbocycles. The standard InChI is InChI=1S/C15H22N2O3/c16-13(19)11-2-12(18)17(7-11)14-3-9-1-10(4-14)6-15(20,5-9)8-14/h9-11,20H,1-8H2,(H2,16,19). The highest BCUT2D eigenvalue weighted by atomic mass is 16.3. The summed E-state index contributed by atoms with van der Waals surface area (Å²) in [6, 6.07) is 0. The van der Waals surface area contributed by atoms with Crippen LogP contribution >= 0.6 is 0 Å². The first-order chi connectivity index (χ1) is 9.39. The van der Waals surface area contributed by atoms with Crippen molar-refractivity contribution in [2.45, 2.75) is 56.1 Å². The van der Waals surface area contributed by atoms with E-state index >= 15 is 0 Å². The molecule has 110 valence electrons.